The molecule has 27 heavy (non-hydrogen) atoms. The Morgan fingerprint density at radius 2 is 1.48 bits per heavy atom. The van der Waals surface area contributed by atoms with Crippen LogP contribution in [0.2, 0.25) is 0 Å². The smallest absolute Gasteiger partial charge is 0.161 e. The molecule has 0 spiro atoms. The molecular formula is C21H22O6. The van der Waals surface area contributed by atoms with Gasteiger partial charge in [0.25, 0.3) is 0 Å². The Balaban J connectivity index is 1.95. The van der Waals surface area contributed by atoms with Crippen LogP contribution in [0.4, 0.5) is 0 Å². The van der Waals surface area contributed by atoms with Crippen molar-refractivity contribution in [1.82, 2.24) is 0 Å². The highest BCUT2D eigenvalue weighted by Gasteiger charge is 2.07. The van der Waals surface area contributed by atoms with E-state index in [1.165, 1.54) is 38.5 Å². The summed E-state index contributed by atoms with van der Waals surface area (Å²) in [5.41, 5.74) is 1.42. The van der Waals surface area contributed by atoms with Gasteiger partial charge in [-0.2, -0.15) is 0 Å². The summed E-state index contributed by atoms with van der Waals surface area (Å²) in [6.45, 7) is 0. The number of carbonyl (C=O) groups excluding carboxylic acids is 1. The van der Waals surface area contributed by atoms with Crippen molar-refractivity contribution >= 4 is 17.9 Å². The van der Waals surface area contributed by atoms with Crippen LogP contribution < -0.4 is 9.47 Å². The predicted octanol–water partition coefficient (Wildman–Crippen LogP) is 3.16. The van der Waals surface area contributed by atoms with Gasteiger partial charge in [-0.15, -0.1) is 0 Å². The molecule has 0 saturated heterocycles. The second-order valence-electron chi connectivity index (χ2n) is 5.79. The Morgan fingerprint density at radius 3 is 2.00 bits per heavy atom. The molecule has 0 bridgehead atoms. The van der Waals surface area contributed by atoms with Crippen LogP contribution in [-0.4, -0.2) is 41.4 Å². The highest BCUT2D eigenvalue weighted by atomic mass is 16.5. The standard InChI is InChI=1S/C21H22O6/c1-26-20-11-14(5-9-18(20)24)3-7-16(22)13-17(23)8-4-15-6-10-19(25)21(12-15)27-2/h3-12,16,22,24-25H,13H2,1-2H3. The number of methoxy groups -OCH3 is 2. The molecule has 0 heterocycles. The normalized spacial score (nSPS) is 12.4. The average molecular weight is 370 g/mol. The van der Waals surface area contributed by atoms with E-state index in [1.807, 2.05) is 0 Å². The van der Waals surface area contributed by atoms with E-state index in [0.29, 0.717) is 17.1 Å². The van der Waals surface area contributed by atoms with Gasteiger partial charge >= 0.3 is 0 Å². The molecule has 6 heteroatoms. The molecule has 0 aliphatic heterocycles. The molecule has 3 N–H and O–H groups in total. The Bertz CT molecular complexity index is 854. The first-order valence-corrected chi connectivity index (χ1v) is 8.24. The summed E-state index contributed by atoms with van der Waals surface area (Å²) in [6, 6.07) is 9.51. The van der Waals surface area contributed by atoms with Gasteiger partial charge in [-0.05, 0) is 41.5 Å². The summed E-state index contributed by atoms with van der Waals surface area (Å²) < 4.78 is 10.0. The number of ether oxygens (including phenoxy) is 2. The minimum absolute atomic E-state index is 0.0207. The van der Waals surface area contributed by atoms with Crippen LogP contribution in [0.3, 0.4) is 0 Å². The summed E-state index contributed by atoms with van der Waals surface area (Å²) in [5.74, 6) is 0.447. The monoisotopic (exact) mass is 370 g/mol. The van der Waals surface area contributed by atoms with Crippen molar-refractivity contribution < 1.29 is 29.6 Å². The lowest BCUT2D eigenvalue weighted by molar-refractivity contribution is -0.115. The van der Waals surface area contributed by atoms with Crippen LogP contribution in [-0.2, 0) is 4.79 Å². The van der Waals surface area contributed by atoms with Crippen molar-refractivity contribution in [1.29, 1.82) is 0 Å². The first kappa shape index (κ1) is 20.1. The van der Waals surface area contributed by atoms with Gasteiger partial charge < -0.3 is 24.8 Å². The highest BCUT2D eigenvalue weighted by Crippen LogP contribution is 2.27. The number of aromatic hydroxyl groups is 2. The number of rotatable bonds is 8. The topological polar surface area (TPSA) is 96.2 Å². The molecule has 1 atom stereocenters. The largest absolute Gasteiger partial charge is 0.504 e. The minimum atomic E-state index is -0.948. The van der Waals surface area contributed by atoms with E-state index in [4.69, 9.17) is 9.47 Å². The molecule has 0 aliphatic rings. The molecule has 0 aliphatic carbocycles. The van der Waals surface area contributed by atoms with Crippen LogP contribution in [0, 0.1) is 0 Å². The van der Waals surface area contributed by atoms with Crippen molar-refractivity contribution in [2.24, 2.45) is 0 Å². The van der Waals surface area contributed by atoms with Crippen LogP contribution >= 0.6 is 0 Å². The molecule has 2 aromatic carbocycles. The fourth-order valence-corrected chi connectivity index (χ4v) is 2.35. The number of aliphatic hydroxyl groups is 1. The molecule has 0 fully saturated rings. The average Bonchev–Trinajstić information content (AvgIpc) is 2.66. The minimum Gasteiger partial charge on any atom is -0.504 e. The number of phenolic OH excluding ortho intramolecular Hbond substituents is 2. The molecule has 0 aromatic heterocycles. The van der Waals surface area contributed by atoms with Crippen LogP contribution in [0.25, 0.3) is 12.2 Å². The molecule has 0 saturated carbocycles. The van der Waals surface area contributed by atoms with Crippen molar-refractivity contribution in [3.05, 3.63) is 59.7 Å². The SMILES string of the molecule is COc1cc(C=CC(=O)CC(O)C=Cc2ccc(O)c(OC)c2)ccc1O. The molecule has 142 valence electrons. The number of benzene rings is 2. The Morgan fingerprint density at radius 1 is 0.963 bits per heavy atom. The Kier molecular flexibility index (Phi) is 7.02. The number of hydrogen-bond donors (Lipinski definition) is 3. The zero-order valence-electron chi connectivity index (χ0n) is 15.1. The maximum atomic E-state index is 12.0. The molecule has 2 rings (SSSR count). The van der Waals surface area contributed by atoms with E-state index >= 15 is 0 Å². The third-order valence-electron chi connectivity index (χ3n) is 3.79. The number of allylic oxidation sites excluding steroid dienone is 1. The first-order chi connectivity index (χ1) is 12.9. The van der Waals surface area contributed by atoms with E-state index in [1.54, 1.807) is 36.4 Å². The number of phenols is 2. The summed E-state index contributed by atoms with van der Waals surface area (Å²) >= 11 is 0. The van der Waals surface area contributed by atoms with E-state index in [-0.39, 0.29) is 23.7 Å². The Hall–Kier alpha value is -3.25. The zero-order valence-corrected chi connectivity index (χ0v) is 15.1. The highest BCUT2D eigenvalue weighted by molar-refractivity contribution is 5.94. The first-order valence-electron chi connectivity index (χ1n) is 8.24. The lowest BCUT2D eigenvalue weighted by Crippen LogP contribution is -2.08. The van der Waals surface area contributed by atoms with Gasteiger partial charge in [0.05, 0.1) is 20.3 Å². The maximum absolute atomic E-state index is 12.0. The zero-order chi connectivity index (χ0) is 19.8. The van der Waals surface area contributed by atoms with Crippen molar-refractivity contribution in [2.75, 3.05) is 14.2 Å². The van der Waals surface area contributed by atoms with Gasteiger partial charge in [-0.3, -0.25) is 4.79 Å². The Labute approximate surface area is 157 Å². The van der Waals surface area contributed by atoms with Crippen molar-refractivity contribution in [3.8, 4) is 23.0 Å². The fraction of sp³-hybridized carbons (Fsp3) is 0.190. The molecule has 2 aromatic rings. The molecule has 0 radical (unpaired) electrons. The van der Waals surface area contributed by atoms with Crippen molar-refractivity contribution in [2.45, 2.75) is 12.5 Å². The summed E-state index contributed by atoms with van der Waals surface area (Å²) in [4.78, 5) is 12.0. The lowest BCUT2D eigenvalue weighted by Gasteiger charge is -2.05. The molecular weight excluding hydrogens is 348 g/mol. The number of hydrogen-bond acceptors (Lipinski definition) is 6. The summed E-state index contributed by atoms with van der Waals surface area (Å²) in [5, 5.41) is 29.1. The lowest BCUT2D eigenvalue weighted by atomic mass is 10.1. The number of aliphatic hydroxyl groups excluding tert-OH is 1. The maximum Gasteiger partial charge on any atom is 0.161 e. The van der Waals surface area contributed by atoms with Crippen LogP contribution in [0.5, 0.6) is 23.0 Å². The van der Waals surface area contributed by atoms with Gasteiger partial charge in [0.2, 0.25) is 0 Å². The van der Waals surface area contributed by atoms with Gasteiger partial charge in [0, 0.05) is 6.42 Å². The summed E-state index contributed by atoms with van der Waals surface area (Å²) in [7, 11) is 2.89. The second kappa shape index (κ2) is 9.45. The van der Waals surface area contributed by atoms with E-state index in [9.17, 15) is 20.1 Å². The van der Waals surface area contributed by atoms with Crippen LogP contribution in [0.15, 0.2) is 48.6 Å². The molecule has 0 amide bonds. The van der Waals surface area contributed by atoms with Gasteiger partial charge in [-0.1, -0.05) is 30.4 Å². The van der Waals surface area contributed by atoms with Crippen molar-refractivity contribution in [3.63, 3.8) is 0 Å². The quantitative estimate of drug-likeness (QED) is 0.618. The third-order valence-corrected chi connectivity index (χ3v) is 3.79. The second-order valence-corrected chi connectivity index (χ2v) is 5.79. The van der Waals surface area contributed by atoms with Gasteiger partial charge in [-0.25, -0.2) is 0 Å². The molecule has 1 unspecified atom stereocenters. The van der Waals surface area contributed by atoms with E-state index in [2.05, 4.69) is 0 Å². The summed E-state index contributed by atoms with van der Waals surface area (Å²) in [6.07, 6.45) is 5.08. The van der Waals surface area contributed by atoms with E-state index in [0.717, 1.165) is 5.56 Å². The predicted molar refractivity (Wildman–Crippen MR) is 103 cm³/mol. The van der Waals surface area contributed by atoms with Gasteiger partial charge in [0.15, 0.2) is 28.8 Å². The third kappa shape index (κ3) is 5.90. The van der Waals surface area contributed by atoms with Gasteiger partial charge in [0.1, 0.15) is 0 Å². The number of carbonyl (C=O) groups is 1. The number of ketones is 1. The molecule has 6 nitrogen and oxygen atoms in total. The van der Waals surface area contributed by atoms with Crippen LogP contribution in [0.1, 0.15) is 17.5 Å². The van der Waals surface area contributed by atoms with E-state index < -0.39 is 6.10 Å². The fourth-order valence-electron chi connectivity index (χ4n) is 2.35.